The lowest BCUT2D eigenvalue weighted by molar-refractivity contribution is -0.119. The molecule has 0 spiro atoms. The van der Waals surface area contributed by atoms with E-state index >= 15 is 0 Å². The fraction of sp³-hybridized carbons (Fsp3) is 0.286. The smallest absolute Gasteiger partial charge is 0.321 e. The Hall–Kier alpha value is -4.15. The van der Waals surface area contributed by atoms with Crippen LogP contribution in [0.4, 0.5) is 21.9 Å². The van der Waals surface area contributed by atoms with Crippen molar-refractivity contribution in [3.05, 3.63) is 76.4 Å². The average Bonchev–Trinajstić information content (AvgIpc) is 3.05. The summed E-state index contributed by atoms with van der Waals surface area (Å²) >= 11 is 6.32. The van der Waals surface area contributed by atoms with Crippen molar-refractivity contribution in [2.24, 2.45) is 4.99 Å². The molecule has 1 atom stereocenters. The number of morpholine rings is 1. The number of nitrogens with one attached hydrogen (secondary N) is 2. The molecular weight excluding hydrogens is 520 g/mol. The van der Waals surface area contributed by atoms with Crippen molar-refractivity contribution >= 4 is 46.3 Å². The molecule has 1 aromatic heterocycles. The van der Waals surface area contributed by atoms with Gasteiger partial charge in [-0.2, -0.15) is 0 Å². The number of carbonyl (C=O) groups is 2. The largest absolute Gasteiger partial charge is 0.481 e. The fourth-order valence-electron chi connectivity index (χ4n) is 4.59. The summed E-state index contributed by atoms with van der Waals surface area (Å²) < 4.78 is 10.7. The maximum atomic E-state index is 13.5. The minimum absolute atomic E-state index is 0.390. The summed E-state index contributed by atoms with van der Waals surface area (Å²) in [5.41, 5.74) is 4.67. The number of nitrogens with zero attached hydrogens (tertiary/aromatic N) is 4. The van der Waals surface area contributed by atoms with Crippen LogP contribution in [-0.2, 0) is 9.53 Å². The van der Waals surface area contributed by atoms with E-state index in [2.05, 4.69) is 25.5 Å². The third-order valence-corrected chi connectivity index (χ3v) is 6.91. The number of fused-ring (bicyclic) bond motifs is 1. The maximum absolute atomic E-state index is 13.5. The topological polar surface area (TPSA) is 108 Å². The predicted molar refractivity (Wildman–Crippen MR) is 151 cm³/mol. The van der Waals surface area contributed by atoms with E-state index in [-0.39, 0.29) is 0 Å². The van der Waals surface area contributed by atoms with E-state index in [1.165, 1.54) is 12.0 Å². The number of halogens is 1. The molecule has 2 aromatic carbocycles. The number of rotatable bonds is 5. The lowest BCUT2D eigenvalue weighted by Crippen LogP contribution is -2.47. The minimum Gasteiger partial charge on any atom is -0.481 e. The van der Waals surface area contributed by atoms with Crippen LogP contribution in [0.5, 0.6) is 5.88 Å². The Morgan fingerprint density at radius 2 is 1.92 bits per heavy atom. The van der Waals surface area contributed by atoms with Crippen molar-refractivity contribution in [2.75, 3.05) is 55.6 Å². The van der Waals surface area contributed by atoms with Crippen molar-refractivity contribution in [1.29, 1.82) is 0 Å². The Bertz CT molecular complexity index is 1440. The van der Waals surface area contributed by atoms with Gasteiger partial charge in [-0.1, -0.05) is 17.7 Å². The number of aliphatic imine (C=N–C) groups is 1. The van der Waals surface area contributed by atoms with E-state index in [4.69, 9.17) is 21.1 Å². The van der Waals surface area contributed by atoms with Crippen LogP contribution in [-0.4, -0.2) is 69.3 Å². The van der Waals surface area contributed by atoms with Gasteiger partial charge in [0.15, 0.2) is 0 Å². The van der Waals surface area contributed by atoms with Gasteiger partial charge < -0.3 is 29.9 Å². The zero-order valence-corrected chi connectivity index (χ0v) is 22.7. The molecule has 2 N–H and O–H groups in total. The van der Waals surface area contributed by atoms with Gasteiger partial charge in [-0.25, -0.2) is 14.8 Å². The Morgan fingerprint density at radius 1 is 1.13 bits per heavy atom. The van der Waals surface area contributed by atoms with Crippen LogP contribution in [0.3, 0.4) is 0 Å². The Labute approximate surface area is 231 Å². The van der Waals surface area contributed by atoms with Gasteiger partial charge >= 0.3 is 6.03 Å². The first-order chi connectivity index (χ1) is 18.8. The van der Waals surface area contributed by atoms with Crippen molar-refractivity contribution in [3.63, 3.8) is 0 Å². The lowest BCUT2D eigenvalue weighted by atomic mass is 10.0. The van der Waals surface area contributed by atoms with Gasteiger partial charge in [0.2, 0.25) is 12.0 Å². The molecule has 0 aliphatic carbocycles. The number of amides is 3. The number of benzodiazepines with no additional fused rings is 1. The van der Waals surface area contributed by atoms with Crippen LogP contribution in [0.1, 0.15) is 16.8 Å². The van der Waals surface area contributed by atoms with E-state index in [0.29, 0.717) is 52.5 Å². The number of aryl methyl sites for hydroxylation is 1. The summed E-state index contributed by atoms with van der Waals surface area (Å²) in [5, 5.41) is 6.06. The molecule has 0 radical (unpaired) electrons. The highest BCUT2D eigenvalue weighted by molar-refractivity contribution is 6.32. The number of anilines is 3. The first-order valence-corrected chi connectivity index (χ1v) is 12.9. The first kappa shape index (κ1) is 26.5. The van der Waals surface area contributed by atoms with Gasteiger partial charge in [-0.3, -0.25) is 4.79 Å². The van der Waals surface area contributed by atoms with Crippen molar-refractivity contribution in [2.45, 2.75) is 13.1 Å². The average molecular weight is 549 g/mol. The molecule has 0 bridgehead atoms. The molecule has 1 saturated heterocycles. The number of aromatic nitrogens is 1. The number of hydrogen-bond donors (Lipinski definition) is 2. The number of benzene rings is 2. The van der Waals surface area contributed by atoms with Gasteiger partial charge in [0.05, 0.1) is 37.4 Å². The van der Waals surface area contributed by atoms with E-state index in [0.717, 1.165) is 24.3 Å². The Morgan fingerprint density at radius 3 is 2.67 bits per heavy atom. The molecule has 3 aromatic rings. The highest BCUT2D eigenvalue weighted by atomic mass is 35.5. The summed E-state index contributed by atoms with van der Waals surface area (Å²) in [7, 11) is 3.15. The SMILES string of the molecule is COc1cccc(C2=NC(NC(=O)Nc3ccc(N4CCOCC4)cc3C)C(=O)N(C)c3ccc(Cl)cc32)n1. The number of carbonyl (C=O) groups excluding carboxylic acids is 2. The van der Waals surface area contributed by atoms with Crippen molar-refractivity contribution < 1.29 is 19.1 Å². The molecule has 1 fully saturated rings. The molecule has 3 heterocycles. The summed E-state index contributed by atoms with van der Waals surface area (Å²) in [5.74, 6) is -0.0213. The molecule has 202 valence electrons. The molecule has 2 aliphatic heterocycles. The van der Waals surface area contributed by atoms with E-state index in [9.17, 15) is 9.59 Å². The molecule has 10 nitrogen and oxygen atoms in total. The van der Waals surface area contributed by atoms with Gasteiger partial charge in [-0.15, -0.1) is 0 Å². The number of likely N-dealkylation sites (N-methyl/N-ethyl adjacent to an activating group) is 1. The van der Waals surface area contributed by atoms with Gasteiger partial charge in [0.25, 0.3) is 5.91 Å². The second-order valence-electron chi connectivity index (χ2n) is 9.20. The predicted octanol–water partition coefficient (Wildman–Crippen LogP) is 3.85. The van der Waals surface area contributed by atoms with E-state index < -0.39 is 18.1 Å². The molecule has 2 aliphatic rings. The van der Waals surface area contributed by atoms with Crippen LogP contribution in [0, 0.1) is 6.92 Å². The first-order valence-electron chi connectivity index (χ1n) is 12.5. The number of ether oxygens (including phenoxy) is 2. The second kappa shape index (κ2) is 11.3. The van der Waals surface area contributed by atoms with Crippen LogP contribution < -0.4 is 25.2 Å². The van der Waals surface area contributed by atoms with E-state index in [1.54, 1.807) is 43.4 Å². The monoisotopic (exact) mass is 548 g/mol. The zero-order valence-electron chi connectivity index (χ0n) is 21.9. The second-order valence-corrected chi connectivity index (χ2v) is 9.64. The normalized spacial score (nSPS) is 17.2. The molecular formula is C28H29ClN6O4. The zero-order chi connectivity index (χ0) is 27.5. The lowest BCUT2D eigenvalue weighted by Gasteiger charge is -2.29. The molecule has 3 amide bonds. The standard InChI is InChI=1S/C28H29ClN6O4/c1-17-15-19(35-11-13-39-14-12-35)8-9-21(17)31-28(37)33-26-27(36)34(2)23-10-7-18(29)16-20(23)25(32-26)22-5-4-6-24(30-22)38-3/h4-10,15-16,26H,11-14H2,1-3H3,(H2,31,33,37). The molecule has 11 heteroatoms. The Balaban J connectivity index is 1.43. The van der Waals surface area contributed by atoms with Gasteiger partial charge in [0.1, 0.15) is 0 Å². The number of urea groups is 1. The third-order valence-electron chi connectivity index (χ3n) is 6.68. The fourth-order valence-corrected chi connectivity index (χ4v) is 4.77. The summed E-state index contributed by atoms with van der Waals surface area (Å²) in [6.45, 7) is 4.94. The summed E-state index contributed by atoms with van der Waals surface area (Å²) in [6.07, 6.45) is -1.21. The van der Waals surface area contributed by atoms with Gasteiger partial charge in [-0.05, 0) is 55.0 Å². The number of methoxy groups -OCH3 is 1. The molecule has 39 heavy (non-hydrogen) atoms. The highest BCUT2D eigenvalue weighted by Crippen LogP contribution is 2.30. The van der Waals surface area contributed by atoms with Crippen molar-refractivity contribution in [1.82, 2.24) is 10.3 Å². The maximum Gasteiger partial charge on any atom is 0.321 e. The third kappa shape index (κ3) is 5.67. The van der Waals surface area contributed by atoms with Crippen LogP contribution in [0.2, 0.25) is 5.02 Å². The highest BCUT2D eigenvalue weighted by Gasteiger charge is 2.32. The van der Waals surface area contributed by atoms with E-state index in [1.807, 2.05) is 25.1 Å². The number of hydrogen-bond acceptors (Lipinski definition) is 7. The Kier molecular flexibility index (Phi) is 7.67. The summed E-state index contributed by atoms with van der Waals surface area (Å²) in [4.78, 5) is 39.4. The van der Waals surface area contributed by atoms with Crippen molar-refractivity contribution in [3.8, 4) is 5.88 Å². The number of pyridine rings is 1. The van der Waals surface area contributed by atoms with Crippen LogP contribution in [0.15, 0.2) is 59.6 Å². The summed E-state index contributed by atoms with van der Waals surface area (Å²) in [6, 6.07) is 15.7. The quantitative estimate of drug-likeness (QED) is 0.501. The van der Waals surface area contributed by atoms with Crippen LogP contribution in [0.25, 0.3) is 0 Å². The minimum atomic E-state index is -1.21. The molecule has 0 saturated carbocycles. The van der Waals surface area contributed by atoms with Crippen LogP contribution >= 0.6 is 11.6 Å². The van der Waals surface area contributed by atoms with Gasteiger partial charge in [0, 0.05) is 48.2 Å². The molecule has 1 unspecified atom stereocenters. The molecule has 5 rings (SSSR count).